The van der Waals surface area contributed by atoms with Crippen LogP contribution in [0, 0.1) is 10.1 Å². The lowest BCUT2D eigenvalue weighted by molar-refractivity contribution is -0.384. The standard InChI is InChI=1S/C11H7Cl2N3O4S/c12-8-6-7(3-4-9(8)16(17)18)15-21(19,20)10-2-1-5-14-11(10)13/h1-6,15H. The Morgan fingerprint density at radius 3 is 2.52 bits per heavy atom. The molecule has 110 valence electrons. The normalized spacial score (nSPS) is 11.1. The Morgan fingerprint density at radius 2 is 1.95 bits per heavy atom. The van der Waals surface area contributed by atoms with E-state index in [1.54, 1.807) is 0 Å². The molecule has 0 amide bonds. The molecule has 0 aliphatic rings. The Labute approximate surface area is 129 Å². The van der Waals surface area contributed by atoms with Gasteiger partial charge in [0.05, 0.1) is 10.6 Å². The number of sulfonamides is 1. The molecule has 0 aliphatic heterocycles. The average molecular weight is 348 g/mol. The van der Waals surface area contributed by atoms with Crippen LogP contribution < -0.4 is 4.72 Å². The largest absolute Gasteiger partial charge is 0.288 e. The van der Waals surface area contributed by atoms with E-state index in [0.717, 1.165) is 12.1 Å². The number of pyridine rings is 1. The van der Waals surface area contributed by atoms with Crippen LogP contribution >= 0.6 is 23.2 Å². The zero-order chi connectivity index (χ0) is 15.6. The zero-order valence-corrected chi connectivity index (χ0v) is 12.5. The molecule has 1 aromatic heterocycles. The Morgan fingerprint density at radius 1 is 1.24 bits per heavy atom. The van der Waals surface area contributed by atoms with E-state index < -0.39 is 14.9 Å². The lowest BCUT2D eigenvalue weighted by Gasteiger charge is -2.09. The van der Waals surface area contributed by atoms with Gasteiger partial charge >= 0.3 is 0 Å². The number of rotatable bonds is 4. The lowest BCUT2D eigenvalue weighted by Crippen LogP contribution is -2.13. The molecule has 1 heterocycles. The second-order valence-corrected chi connectivity index (χ2v) is 6.24. The lowest BCUT2D eigenvalue weighted by atomic mass is 10.3. The van der Waals surface area contributed by atoms with Gasteiger partial charge in [0.25, 0.3) is 15.7 Å². The fourth-order valence-electron chi connectivity index (χ4n) is 1.50. The molecule has 0 aliphatic carbocycles. The van der Waals surface area contributed by atoms with E-state index in [1.165, 1.54) is 24.4 Å². The van der Waals surface area contributed by atoms with Crippen LogP contribution in [0.4, 0.5) is 11.4 Å². The maximum absolute atomic E-state index is 12.1. The second-order valence-electron chi connectivity index (χ2n) is 3.82. The number of hydrogen-bond acceptors (Lipinski definition) is 5. The van der Waals surface area contributed by atoms with E-state index in [-0.39, 0.29) is 26.4 Å². The zero-order valence-electron chi connectivity index (χ0n) is 10.2. The van der Waals surface area contributed by atoms with Crippen LogP contribution in [0.2, 0.25) is 10.2 Å². The van der Waals surface area contributed by atoms with Crippen LogP contribution in [0.5, 0.6) is 0 Å². The Balaban J connectivity index is 2.36. The summed E-state index contributed by atoms with van der Waals surface area (Å²) in [5.41, 5.74) is -0.246. The third-order valence-electron chi connectivity index (χ3n) is 2.41. The topological polar surface area (TPSA) is 102 Å². The van der Waals surface area contributed by atoms with Crippen molar-refractivity contribution in [1.29, 1.82) is 0 Å². The van der Waals surface area contributed by atoms with E-state index in [9.17, 15) is 18.5 Å². The van der Waals surface area contributed by atoms with Gasteiger partial charge in [0, 0.05) is 12.3 Å². The van der Waals surface area contributed by atoms with Crippen LogP contribution in [0.3, 0.4) is 0 Å². The molecule has 0 saturated carbocycles. The minimum Gasteiger partial charge on any atom is -0.279 e. The highest BCUT2D eigenvalue weighted by molar-refractivity contribution is 7.92. The summed E-state index contributed by atoms with van der Waals surface area (Å²) in [5, 5.41) is 10.3. The Hall–Kier alpha value is -1.90. The van der Waals surface area contributed by atoms with Gasteiger partial charge in [-0.1, -0.05) is 23.2 Å². The summed E-state index contributed by atoms with van der Waals surface area (Å²) >= 11 is 11.4. The quantitative estimate of drug-likeness (QED) is 0.520. The Kier molecular flexibility index (Phi) is 4.31. The maximum atomic E-state index is 12.1. The summed E-state index contributed by atoms with van der Waals surface area (Å²) < 4.78 is 26.5. The highest BCUT2D eigenvalue weighted by atomic mass is 35.5. The molecule has 2 aromatic rings. The number of hydrogen-bond donors (Lipinski definition) is 1. The first-order valence-corrected chi connectivity index (χ1v) is 7.62. The van der Waals surface area contributed by atoms with Gasteiger partial charge in [0.1, 0.15) is 15.1 Å². The number of anilines is 1. The fraction of sp³-hybridized carbons (Fsp3) is 0. The van der Waals surface area contributed by atoms with Gasteiger partial charge in [-0.2, -0.15) is 0 Å². The van der Waals surface area contributed by atoms with Crippen molar-refractivity contribution in [3.8, 4) is 0 Å². The molecule has 0 radical (unpaired) electrons. The van der Waals surface area contributed by atoms with Gasteiger partial charge in [-0.25, -0.2) is 13.4 Å². The molecule has 21 heavy (non-hydrogen) atoms. The van der Waals surface area contributed by atoms with E-state index in [0.29, 0.717) is 0 Å². The van der Waals surface area contributed by atoms with Crippen molar-refractivity contribution < 1.29 is 13.3 Å². The summed E-state index contributed by atoms with van der Waals surface area (Å²) in [6.45, 7) is 0. The van der Waals surface area contributed by atoms with Gasteiger partial charge in [-0.15, -0.1) is 0 Å². The van der Waals surface area contributed by atoms with Crippen LogP contribution in [-0.4, -0.2) is 18.3 Å². The summed E-state index contributed by atoms with van der Waals surface area (Å²) in [6.07, 6.45) is 1.35. The predicted molar refractivity (Wildman–Crippen MR) is 78.2 cm³/mol. The van der Waals surface area contributed by atoms with E-state index >= 15 is 0 Å². The third-order valence-corrected chi connectivity index (χ3v) is 4.54. The Bertz CT molecular complexity index is 811. The maximum Gasteiger partial charge on any atom is 0.288 e. The van der Waals surface area contributed by atoms with Crippen LogP contribution in [0.1, 0.15) is 0 Å². The third kappa shape index (κ3) is 3.41. The number of nitrogens with zero attached hydrogens (tertiary/aromatic N) is 2. The van der Waals surface area contributed by atoms with E-state index in [4.69, 9.17) is 23.2 Å². The summed E-state index contributed by atoms with van der Waals surface area (Å²) in [4.78, 5) is 13.4. The van der Waals surface area contributed by atoms with Crippen molar-refractivity contribution in [2.24, 2.45) is 0 Å². The molecule has 1 N–H and O–H groups in total. The fourth-order valence-corrected chi connectivity index (χ4v) is 3.25. The van der Waals surface area contributed by atoms with Gasteiger partial charge in [0.15, 0.2) is 0 Å². The SMILES string of the molecule is O=[N+]([O-])c1ccc(NS(=O)(=O)c2cccnc2Cl)cc1Cl. The number of nitro groups is 1. The highest BCUT2D eigenvalue weighted by Crippen LogP contribution is 2.29. The van der Waals surface area contributed by atoms with Crippen molar-refractivity contribution in [1.82, 2.24) is 4.98 Å². The molecule has 0 unspecified atom stereocenters. The van der Waals surface area contributed by atoms with Crippen molar-refractivity contribution in [2.75, 3.05) is 4.72 Å². The first kappa shape index (κ1) is 15.5. The van der Waals surface area contributed by atoms with Gasteiger partial charge in [-0.3, -0.25) is 14.8 Å². The molecule has 1 aromatic carbocycles. The highest BCUT2D eigenvalue weighted by Gasteiger charge is 2.20. The second kappa shape index (κ2) is 5.84. The molecule has 0 saturated heterocycles. The molecule has 7 nitrogen and oxygen atoms in total. The monoisotopic (exact) mass is 347 g/mol. The smallest absolute Gasteiger partial charge is 0.279 e. The van der Waals surface area contributed by atoms with E-state index in [1.807, 2.05) is 0 Å². The number of benzene rings is 1. The minimum absolute atomic E-state index is 0.0746. The molecule has 0 bridgehead atoms. The molecule has 2 rings (SSSR count). The summed E-state index contributed by atoms with van der Waals surface area (Å²) in [6, 6.07) is 6.17. The number of halogens is 2. The van der Waals surface area contributed by atoms with Gasteiger partial charge in [-0.05, 0) is 24.3 Å². The predicted octanol–water partition coefficient (Wildman–Crippen LogP) is 3.10. The molecule has 0 atom stereocenters. The van der Waals surface area contributed by atoms with Crippen molar-refractivity contribution in [3.05, 3.63) is 56.8 Å². The van der Waals surface area contributed by atoms with Crippen molar-refractivity contribution >= 4 is 44.6 Å². The van der Waals surface area contributed by atoms with Crippen LogP contribution in [-0.2, 0) is 10.0 Å². The molecule has 10 heteroatoms. The van der Waals surface area contributed by atoms with E-state index in [2.05, 4.69) is 9.71 Å². The van der Waals surface area contributed by atoms with Gasteiger partial charge in [0.2, 0.25) is 0 Å². The number of nitro benzene ring substituents is 1. The van der Waals surface area contributed by atoms with Crippen LogP contribution in [0.15, 0.2) is 41.4 Å². The van der Waals surface area contributed by atoms with Gasteiger partial charge < -0.3 is 0 Å². The average Bonchev–Trinajstić information content (AvgIpc) is 2.38. The first-order valence-electron chi connectivity index (χ1n) is 5.38. The molecule has 0 spiro atoms. The summed E-state index contributed by atoms with van der Waals surface area (Å²) in [5.74, 6) is 0. The number of nitrogens with one attached hydrogen (secondary N) is 1. The number of aromatic nitrogens is 1. The first-order chi connectivity index (χ1) is 9.81. The minimum atomic E-state index is -3.97. The summed E-state index contributed by atoms with van der Waals surface area (Å²) in [7, 11) is -3.97. The van der Waals surface area contributed by atoms with Crippen molar-refractivity contribution in [3.63, 3.8) is 0 Å². The molecular weight excluding hydrogens is 341 g/mol. The van der Waals surface area contributed by atoms with Crippen LogP contribution in [0.25, 0.3) is 0 Å². The molecule has 0 fully saturated rings. The molecular formula is C11H7Cl2N3O4S. The van der Waals surface area contributed by atoms with Crippen molar-refractivity contribution in [2.45, 2.75) is 4.90 Å².